The van der Waals surface area contributed by atoms with E-state index >= 15 is 0 Å². The Morgan fingerprint density at radius 3 is 2.74 bits per heavy atom. The van der Waals surface area contributed by atoms with Crippen molar-refractivity contribution in [3.8, 4) is 5.75 Å². The summed E-state index contributed by atoms with van der Waals surface area (Å²) in [6.07, 6.45) is 4.00. The van der Waals surface area contributed by atoms with Gasteiger partial charge in [0.2, 0.25) is 0 Å². The monoisotopic (exact) mass is 374 g/mol. The fourth-order valence-electron chi connectivity index (χ4n) is 3.32. The van der Waals surface area contributed by atoms with Gasteiger partial charge in [-0.3, -0.25) is 4.90 Å². The number of morpholine rings is 1. The predicted molar refractivity (Wildman–Crippen MR) is 109 cm³/mol. The van der Waals surface area contributed by atoms with Crippen LogP contribution in [0.25, 0.3) is 0 Å². The number of guanidine groups is 1. The lowest BCUT2D eigenvalue weighted by molar-refractivity contribution is 0.0211. The molecule has 1 atom stereocenters. The van der Waals surface area contributed by atoms with E-state index in [1.807, 2.05) is 6.07 Å². The first-order chi connectivity index (χ1) is 13.3. The molecule has 0 aromatic heterocycles. The maximum absolute atomic E-state index is 6.12. The van der Waals surface area contributed by atoms with E-state index in [4.69, 9.17) is 14.5 Å². The van der Waals surface area contributed by atoms with Crippen LogP contribution in [0.3, 0.4) is 0 Å². The van der Waals surface area contributed by atoms with Gasteiger partial charge < -0.3 is 20.1 Å². The van der Waals surface area contributed by atoms with E-state index in [-0.39, 0.29) is 0 Å². The van der Waals surface area contributed by atoms with Gasteiger partial charge in [-0.15, -0.1) is 0 Å². The molecule has 2 N–H and O–H groups in total. The molecule has 6 nitrogen and oxygen atoms in total. The lowest BCUT2D eigenvalue weighted by atomic mass is 9.96. The normalized spacial score (nSPS) is 20.0. The summed E-state index contributed by atoms with van der Waals surface area (Å²) in [5.74, 6) is 1.83. The quantitative estimate of drug-likeness (QED) is 0.541. The largest absolute Gasteiger partial charge is 0.490 e. The average molecular weight is 375 g/mol. The van der Waals surface area contributed by atoms with Crippen molar-refractivity contribution in [2.24, 2.45) is 4.99 Å². The van der Waals surface area contributed by atoms with E-state index in [2.05, 4.69) is 47.6 Å². The van der Waals surface area contributed by atoms with Gasteiger partial charge in [-0.05, 0) is 39.2 Å². The minimum atomic E-state index is 0.385. The summed E-state index contributed by atoms with van der Waals surface area (Å²) < 4.78 is 11.6. The molecule has 27 heavy (non-hydrogen) atoms. The number of rotatable bonds is 8. The molecule has 1 aromatic carbocycles. The summed E-state index contributed by atoms with van der Waals surface area (Å²) in [4.78, 5) is 7.24. The Labute approximate surface area is 163 Å². The summed E-state index contributed by atoms with van der Waals surface area (Å²) >= 11 is 0. The smallest absolute Gasteiger partial charge is 0.191 e. The molecular formula is C21H34N4O2. The Balaban J connectivity index is 1.55. The number of para-hydroxylation sites is 1. The average Bonchev–Trinajstić information content (AvgIpc) is 2.68. The van der Waals surface area contributed by atoms with Crippen LogP contribution in [-0.4, -0.2) is 62.4 Å². The van der Waals surface area contributed by atoms with Gasteiger partial charge in [-0.25, -0.2) is 4.99 Å². The molecule has 1 heterocycles. The molecule has 0 amide bonds. The van der Waals surface area contributed by atoms with Crippen molar-refractivity contribution in [3.05, 3.63) is 29.8 Å². The van der Waals surface area contributed by atoms with Crippen molar-refractivity contribution in [1.29, 1.82) is 0 Å². The van der Waals surface area contributed by atoms with Gasteiger partial charge in [0.15, 0.2) is 5.96 Å². The molecule has 1 saturated heterocycles. The molecule has 1 aromatic rings. The van der Waals surface area contributed by atoms with Crippen LogP contribution in [0.4, 0.5) is 0 Å². The van der Waals surface area contributed by atoms with E-state index in [9.17, 15) is 0 Å². The number of nitrogens with zero attached hydrogens (tertiary/aromatic N) is 2. The topological polar surface area (TPSA) is 58.1 Å². The third-order valence-corrected chi connectivity index (χ3v) is 5.30. The van der Waals surface area contributed by atoms with Crippen molar-refractivity contribution in [2.45, 2.75) is 51.8 Å². The number of aliphatic imine (C=N–C) groups is 1. The van der Waals surface area contributed by atoms with Crippen molar-refractivity contribution in [1.82, 2.24) is 15.5 Å². The Bertz CT molecular complexity index is 598. The summed E-state index contributed by atoms with van der Waals surface area (Å²) in [7, 11) is 0. The molecule has 2 aliphatic rings. The van der Waals surface area contributed by atoms with Crippen LogP contribution in [-0.2, 0) is 11.3 Å². The molecule has 1 unspecified atom stereocenters. The van der Waals surface area contributed by atoms with Crippen LogP contribution >= 0.6 is 0 Å². The second-order valence-electron chi connectivity index (χ2n) is 7.35. The zero-order valence-electron chi connectivity index (χ0n) is 16.7. The Morgan fingerprint density at radius 2 is 2.04 bits per heavy atom. The fraction of sp³-hybridized carbons (Fsp3) is 0.667. The number of ether oxygens (including phenoxy) is 2. The standard InChI is InChI=1S/C21H34N4O2/c1-3-22-21(23-15-17(2)25-11-13-26-14-12-25)24-16-18-7-4-5-10-20(18)27-19-8-6-9-19/h4-5,7,10,17,19H,3,6,8-9,11-16H2,1-2H3,(H2,22,23,24). The van der Waals surface area contributed by atoms with E-state index in [0.29, 0.717) is 18.7 Å². The molecule has 6 heteroatoms. The van der Waals surface area contributed by atoms with Gasteiger partial charge in [0.05, 0.1) is 25.9 Å². The first-order valence-corrected chi connectivity index (χ1v) is 10.3. The fourth-order valence-corrected chi connectivity index (χ4v) is 3.32. The highest BCUT2D eigenvalue weighted by molar-refractivity contribution is 5.79. The van der Waals surface area contributed by atoms with Crippen LogP contribution in [0.5, 0.6) is 5.75 Å². The molecular weight excluding hydrogens is 340 g/mol. The highest BCUT2D eigenvalue weighted by Gasteiger charge is 2.20. The SMILES string of the molecule is CCNC(=NCc1ccccc1OC1CCC1)NCC(C)N1CCOCC1. The van der Waals surface area contributed by atoms with Gasteiger partial charge >= 0.3 is 0 Å². The predicted octanol–water partition coefficient (Wildman–Crippen LogP) is 2.39. The van der Waals surface area contributed by atoms with Crippen LogP contribution in [0.1, 0.15) is 38.7 Å². The lowest BCUT2D eigenvalue weighted by Crippen LogP contribution is -2.49. The van der Waals surface area contributed by atoms with E-state index in [1.54, 1.807) is 0 Å². The van der Waals surface area contributed by atoms with Crippen molar-refractivity contribution < 1.29 is 9.47 Å². The van der Waals surface area contributed by atoms with Crippen LogP contribution in [0.2, 0.25) is 0 Å². The van der Waals surface area contributed by atoms with Gasteiger partial charge in [0.1, 0.15) is 5.75 Å². The zero-order chi connectivity index (χ0) is 18.9. The zero-order valence-corrected chi connectivity index (χ0v) is 16.7. The molecule has 0 radical (unpaired) electrons. The molecule has 0 bridgehead atoms. The minimum absolute atomic E-state index is 0.385. The van der Waals surface area contributed by atoms with Crippen molar-refractivity contribution in [3.63, 3.8) is 0 Å². The maximum atomic E-state index is 6.12. The Hall–Kier alpha value is -1.79. The van der Waals surface area contributed by atoms with Gasteiger partial charge in [-0.1, -0.05) is 18.2 Å². The Morgan fingerprint density at radius 1 is 1.26 bits per heavy atom. The number of hydrogen-bond donors (Lipinski definition) is 2. The third kappa shape index (κ3) is 6.11. The van der Waals surface area contributed by atoms with Gasteiger partial charge in [0.25, 0.3) is 0 Å². The summed E-state index contributed by atoms with van der Waals surface area (Å²) in [6, 6.07) is 8.71. The summed E-state index contributed by atoms with van der Waals surface area (Å²) in [5, 5.41) is 6.83. The molecule has 1 saturated carbocycles. The van der Waals surface area contributed by atoms with Crippen LogP contribution < -0.4 is 15.4 Å². The first kappa shape index (κ1) is 20.0. The molecule has 0 spiro atoms. The van der Waals surface area contributed by atoms with Crippen LogP contribution in [0, 0.1) is 0 Å². The third-order valence-electron chi connectivity index (χ3n) is 5.30. The van der Waals surface area contributed by atoms with E-state index in [0.717, 1.165) is 56.7 Å². The lowest BCUT2D eigenvalue weighted by Gasteiger charge is -2.32. The van der Waals surface area contributed by atoms with Gasteiger partial charge in [0, 0.05) is 37.8 Å². The number of hydrogen-bond acceptors (Lipinski definition) is 4. The minimum Gasteiger partial charge on any atom is -0.490 e. The second-order valence-corrected chi connectivity index (χ2v) is 7.35. The van der Waals surface area contributed by atoms with E-state index < -0.39 is 0 Å². The van der Waals surface area contributed by atoms with Crippen molar-refractivity contribution in [2.75, 3.05) is 39.4 Å². The molecule has 1 aliphatic carbocycles. The Kier molecular flexibility index (Phi) is 7.78. The van der Waals surface area contributed by atoms with E-state index in [1.165, 1.54) is 19.3 Å². The number of nitrogens with one attached hydrogen (secondary N) is 2. The van der Waals surface area contributed by atoms with Gasteiger partial charge in [-0.2, -0.15) is 0 Å². The van der Waals surface area contributed by atoms with Crippen LogP contribution in [0.15, 0.2) is 29.3 Å². The highest BCUT2D eigenvalue weighted by Crippen LogP contribution is 2.27. The second kappa shape index (κ2) is 10.5. The summed E-state index contributed by atoms with van der Waals surface area (Å²) in [5.41, 5.74) is 1.14. The highest BCUT2D eigenvalue weighted by atomic mass is 16.5. The molecule has 2 fully saturated rings. The number of benzene rings is 1. The maximum Gasteiger partial charge on any atom is 0.191 e. The molecule has 1 aliphatic heterocycles. The summed E-state index contributed by atoms with van der Waals surface area (Å²) in [6.45, 7) is 10.3. The molecule has 150 valence electrons. The molecule has 3 rings (SSSR count). The van der Waals surface area contributed by atoms with Crippen molar-refractivity contribution >= 4 is 5.96 Å². The first-order valence-electron chi connectivity index (χ1n) is 10.3.